The monoisotopic (exact) mass is 334 g/mol. The fourth-order valence-electron chi connectivity index (χ4n) is 2.86. The highest BCUT2D eigenvalue weighted by Crippen LogP contribution is 2.29. The van der Waals surface area contributed by atoms with E-state index in [1.54, 1.807) is 4.90 Å². The molecule has 1 aromatic carbocycles. The minimum atomic E-state index is -0.493. The Bertz CT molecular complexity index is 591. The molecule has 1 fully saturated rings. The van der Waals surface area contributed by atoms with Gasteiger partial charge in [0.25, 0.3) is 0 Å². The zero-order valence-electron chi connectivity index (χ0n) is 14.7. The van der Waals surface area contributed by atoms with Crippen molar-refractivity contribution >= 4 is 11.8 Å². The second-order valence-corrected chi connectivity index (χ2v) is 7.14. The van der Waals surface area contributed by atoms with Gasteiger partial charge in [-0.1, -0.05) is 6.07 Å². The first kappa shape index (κ1) is 16.9. The number of carbonyl (C=O) groups is 1. The van der Waals surface area contributed by atoms with Crippen LogP contribution in [0, 0.1) is 0 Å². The van der Waals surface area contributed by atoms with Crippen molar-refractivity contribution in [3.63, 3.8) is 0 Å². The molecule has 0 aliphatic carbocycles. The summed E-state index contributed by atoms with van der Waals surface area (Å²) in [7, 11) is 0. The van der Waals surface area contributed by atoms with Crippen molar-refractivity contribution in [2.24, 2.45) is 0 Å². The lowest BCUT2D eigenvalue weighted by Crippen LogP contribution is -2.37. The molecule has 0 saturated carbocycles. The molecule has 1 aromatic rings. The SMILES string of the molecule is CC(C)(C)OC(=O)N1CCOc2cc(N3CCOCC3)ccc2C1. The van der Waals surface area contributed by atoms with Crippen LogP contribution in [0.25, 0.3) is 0 Å². The van der Waals surface area contributed by atoms with E-state index in [2.05, 4.69) is 17.0 Å². The lowest BCUT2D eigenvalue weighted by Gasteiger charge is -2.29. The second kappa shape index (κ2) is 6.89. The number of hydrogen-bond donors (Lipinski definition) is 0. The number of carbonyl (C=O) groups excluding carboxylic acids is 1. The van der Waals surface area contributed by atoms with Crippen molar-refractivity contribution in [2.75, 3.05) is 44.4 Å². The highest BCUT2D eigenvalue weighted by molar-refractivity contribution is 5.68. The van der Waals surface area contributed by atoms with Crippen LogP contribution in [0.3, 0.4) is 0 Å². The summed E-state index contributed by atoms with van der Waals surface area (Å²) in [6.07, 6.45) is -0.295. The third kappa shape index (κ3) is 4.12. The summed E-state index contributed by atoms with van der Waals surface area (Å²) in [6.45, 7) is 10.4. The van der Waals surface area contributed by atoms with Crippen LogP contribution < -0.4 is 9.64 Å². The molecule has 0 aromatic heterocycles. The maximum Gasteiger partial charge on any atom is 0.410 e. The van der Waals surface area contributed by atoms with Gasteiger partial charge in [0.05, 0.1) is 26.3 Å². The summed E-state index contributed by atoms with van der Waals surface area (Å²) in [5.74, 6) is 0.852. The van der Waals surface area contributed by atoms with E-state index in [1.165, 1.54) is 0 Å². The maximum atomic E-state index is 12.3. The van der Waals surface area contributed by atoms with Gasteiger partial charge in [0, 0.05) is 30.4 Å². The van der Waals surface area contributed by atoms with Gasteiger partial charge in [-0.3, -0.25) is 0 Å². The first-order chi connectivity index (χ1) is 11.4. The van der Waals surface area contributed by atoms with E-state index in [0.717, 1.165) is 43.3 Å². The molecule has 0 N–H and O–H groups in total. The predicted molar refractivity (Wildman–Crippen MR) is 91.6 cm³/mol. The van der Waals surface area contributed by atoms with Crippen LogP contribution in [0.15, 0.2) is 18.2 Å². The number of nitrogens with zero attached hydrogens (tertiary/aromatic N) is 2. The fourth-order valence-corrected chi connectivity index (χ4v) is 2.86. The standard InChI is InChI=1S/C18H26N2O4/c1-18(2,3)24-17(21)20-8-11-23-16-12-15(5-4-14(16)13-20)19-6-9-22-10-7-19/h4-5,12H,6-11,13H2,1-3H3. The van der Waals surface area contributed by atoms with Gasteiger partial charge in [-0.2, -0.15) is 0 Å². The Kier molecular flexibility index (Phi) is 4.85. The van der Waals surface area contributed by atoms with Gasteiger partial charge in [-0.15, -0.1) is 0 Å². The van der Waals surface area contributed by atoms with Crippen molar-refractivity contribution in [2.45, 2.75) is 32.9 Å². The number of benzene rings is 1. The Morgan fingerprint density at radius 2 is 1.88 bits per heavy atom. The number of hydrogen-bond acceptors (Lipinski definition) is 5. The van der Waals surface area contributed by atoms with E-state index in [0.29, 0.717) is 19.7 Å². The molecule has 0 bridgehead atoms. The molecule has 0 unspecified atom stereocenters. The molecule has 24 heavy (non-hydrogen) atoms. The van der Waals surface area contributed by atoms with Crippen LogP contribution >= 0.6 is 0 Å². The molecule has 3 rings (SSSR count). The van der Waals surface area contributed by atoms with Gasteiger partial charge in [0.2, 0.25) is 0 Å². The molecule has 6 nitrogen and oxygen atoms in total. The van der Waals surface area contributed by atoms with Crippen LogP contribution in [0.4, 0.5) is 10.5 Å². The number of anilines is 1. The van der Waals surface area contributed by atoms with Crippen LogP contribution in [0.2, 0.25) is 0 Å². The molecule has 1 saturated heterocycles. The molecular formula is C18H26N2O4. The Balaban J connectivity index is 1.73. The number of ether oxygens (including phenoxy) is 3. The lowest BCUT2D eigenvalue weighted by molar-refractivity contribution is 0.0225. The Morgan fingerprint density at radius 3 is 2.58 bits per heavy atom. The number of rotatable bonds is 1. The molecule has 0 spiro atoms. The number of fused-ring (bicyclic) bond motifs is 1. The topological polar surface area (TPSA) is 51.2 Å². The maximum absolute atomic E-state index is 12.3. The molecular weight excluding hydrogens is 308 g/mol. The average Bonchev–Trinajstić information content (AvgIpc) is 2.75. The summed E-state index contributed by atoms with van der Waals surface area (Å²) in [4.78, 5) is 16.3. The minimum absolute atomic E-state index is 0.295. The molecule has 0 atom stereocenters. The zero-order valence-corrected chi connectivity index (χ0v) is 14.7. The summed E-state index contributed by atoms with van der Waals surface area (Å²) >= 11 is 0. The van der Waals surface area contributed by atoms with Crippen molar-refractivity contribution in [3.8, 4) is 5.75 Å². The van der Waals surface area contributed by atoms with Crippen LogP contribution in [0.5, 0.6) is 5.75 Å². The first-order valence-electron chi connectivity index (χ1n) is 8.49. The van der Waals surface area contributed by atoms with E-state index >= 15 is 0 Å². The first-order valence-corrected chi connectivity index (χ1v) is 8.49. The summed E-state index contributed by atoms with van der Waals surface area (Å²) < 4.78 is 16.8. The van der Waals surface area contributed by atoms with E-state index < -0.39 is 5.60 Å². The summed E-state index contributed by atoms with van der Waals surface area (Å²) in [6, 6.07) is 6.20. The van der Waals surface area contributed by atoms with Crippen molar-refractivity contribution < 1.29 is 19.0 Å². The molecule has 6 heteroatoms. The van der Waals surface area contributed by atoms with Crippen LogP contribution in [-0.2, 0) is 16.0 Å². The molecule has 2 heterocycles. The van der Waals surface area contributed by atoms with E-state index in [9.17, 15) is 4.79 Å². The summed E-state index contributed by atoms with van der Waals surface area (Å²) in [5, 5.41) is 0. The van der Waals surface area contributed by atoms with Gasteiger partial charge in [0.1, 0.15) is 18.0 Å². The molecule has 132 valence electrons. The number of amides is 1. The average molecular weight is 334 g/mol. The third-order valence-corrected chi connectivity index (χ3v) is 4.06. The van der Waals surface area contributed by atoms with Crippen LogP contribution in [-0.4, -0.2) is 56.0 Å². The van der Waals surface area contributed by atoms with Crippen molar-refractivity contribution in [1.82, 2.24) is 4.90 Å². The normalized spacial score (nSPS) is 18.5. The number of morpholine rings is 1. The smallest absolute Gasteiger partial charge is 0.410 e. The van der Waals surface area contributed by atoms with Crippen molar-refractivity contribution in [1.29, 1.82) is 0 Å². The Labute approximate surface area is 143 Å². The van der Waals surface area contributed by atoms with Gasteiger partial charge in [-0.25, -0.2) is 4.79 Å². The van der Waals surface area contributed by atoms with E-state index in [-0.39, 0.29) is 6.09 Å². The Hall–Kier alpha value is -1.95. The third-order valence-electron chi connectivity index (χ3n) is 4.06. The molecule has 2 aliphatic rings. The second-order valence-electron chi connectivity index (χ2n) is 7.14. The Morgan fingerprint density at radius 1 is 1.12 bits per heavy atom. The molecule has 0 radical (unpaired) electrons. The highest BCUT2D eigenvalue weighted by atomic mass is 16.6. The van der Waals surface area contributed by atoms with Crippen molar-refractivity contribution in [3.05, 3.63) is 23.8 Å². The minimum Gasteiger partial charge on any atom is -0.491 e. The van der Waals surface area contributed by atoms with E-state index in [1.807, 2.05) is 26.8 Å². The predicted octanol–water partition coefficient (Wildman–Crippen LogP) is 2.65. The van der Waals surface area contributed by atoms with Gasteiger partial charge in [0.15, 0.2) is 0 Å². The van der Waals surface area contributed by atoms with Gasteiger partial charge in [-0.05, 0) is 26.8 Å². The molecule has 2 aliphatic heterocycles. The largest absolute Gasteiger partial charge is 0.491 e. The lowest BCUT2D eigenvalue weighted by atomic mass is 10.1. The van der Waals surface area contributed by atoms with Crippen LogP contribution in [0.1, 0.15) is 26.3 Å². The molecule has 1 amide bonds. The zero-order chi connectivity index (χ0) is 17.2. The quantitative estimate of drug-likeness (QED) is 0.790. The highest BCUT2D eigenvalue weighted by Gasteiger charge is 2.25. The van der Waals surface area contributed by atoms with E-state index in [4.69, 9.17) is 14.2 Å². The summed E-state index contributed by atoms with van der Waals surface area (Å²) in [5.41, 5.74) is 1.66. The van der Waals surface area contributed by atoms with Gasteiger partial charge < -0.3 is 24.0 Å². The fraction of sp³-hybridized carbons (Fsp3) is 0.611. The van der Waals surface area contributed by atoms with Gasteiger partial charge >= 0.3 is 6.09 Å².